The zero-order valence-electron chi connectivity index (χ0n) is 11.3. The van der Waals surface area contributed by atoms with Gasteiger partial charge in [-0.15, -0.1) is 0 Å². The summed E-state index contributed by atoms with van der Waals surface area (Å²) in [4.78, 5) is 4.18. The molecule has 2 aromatic rings. The van der Waals surface area contributed by atoms with Crippen molar-refractivity contribution in [2.75, 3.05) is 14.2 Å². The Balaban J connectivity index is 2.41. The van der Waals surface area contributed by atoms with E-state index in [1.807, 2.05) is 20.0 Å². The highest BCUT2D eigenvalue weighted by atomic mass is 19.1. The van der Waals surface area contributed by atoms with E-state index in [1.54, 1.807) is 24.5 Å². The molecule has 0 spiro atoms. The minimum atomic E-state index is -0.310. The van der Waals surface area contributed by atoms with Gasteiger partial charge in [0.2, 0.25) is 0 Å². The van der Waals surface area contributed by atoms with Crippen LogP contribution in [0.25, 0.3) is 11.1 Å². The Morgan fingerprint density at radius 1 is 1.26 bits per heavy atom. The molecule has 0 aliphatic rings. The number of halogens is 1. The number of benzene rings is 1. The number of rotatable bonds is 4. The van der Waals surface area contributed by atoms with Gasteiger partial charge in [-0.3, -0.25) is 4.98 Å². The van der Waals surface area contributed by atoms with E-state index in [4.69, 9.17) is 4.74 Å². The Bertz CT molecular complexity index is 572. The molecule has 1 aromatic carbocycles. The number of pyridine rings is 1. The van der Waals surface area contributed by atoms with E-state index in [2.05, 4.69) is 10.3 Å². The molecular weight excluding hydrogens is 243 g/mol. The third kappa shape index (κ3) is 2.90. The van der Waals surface area contributed by atoms with Crippen LogP contribution in [0.5, 0.6) is 5.75 Å². The molecule has 1 heterocycles. The normalized spacial score (nSPS) is 12.2. The van der Waals surface area contributed by atoms with Crippen molar-refractivity contribution in [1.29, 1.82) is 0 Å². The monoisotopic (exact) mass is 260 g/mol. The highest BCUT2D eigenvalue weighted by Crippen LogP contribution is 2.27. The molecule has 0 saturated heterocycles. The second-order valence-electron chi connectivity index (χ2n) is 4.36. The maximum Gasteiger partial charge on any atom is 0.134 e. The summed E-state index contributed by atoms with van der Waals surface area (Å²) in [6.07, 6.45) is 3.45. The van der Waals surface area contributed by atoms with Crippen molar-refractivity contribution in [2.24, 2.45) is 0 Å². The zero-order valence-corrected chi connectivity index (χ0v) is 11.3. The molecule has 1 N–H and O–H groups in total. The Morgan fingerprint density at radius 2 is 2.05 bits per heavy atom. The lowest BCUT2D eigenvalue weighted by Crippen LogP contribution is -2.12. The fourth-order valence-electron chi connectivity index (χ4n) is 1.87. The van der Waals surface area contributed by atoms with Gasteiger partial charge in [0.25, 0.3) is 0 Å². The van der Waals surface area contributed by atoms with Crippen LogP contribution in [0, 0.1) is 5.82 Å². The molecule has 3 nitrogen and oxygen atoms in total. The summed E-state index contributed by atoms with van der Waals surface area (Å²) < 4.78 is 19.0. The van der Waals surface area contributed by atoms with E-state index in [0.717, 1.165) is 11.1 Å². The molecule has 0 saturated carbocycles. The molecule has 0 radical (unpaired) electrons. The third-order valence-electron chi connectivity index (χ3n) is 3.18. The van der Waals surface area contributed by atoms with Crippen LogP contribution < -0.4 is 10.1 Å². The number of methoxy groups -OCH3 is 1. The molecule has 1 unspecified atom stereocenters. The van der Waals surface area contributed by atoms with Gasteiger partial charge in [0.1, 0.15) is 11.6 Å². The lowest BCUT2D eigenvalue weighted by Gasteiger charge is -2.12. The van der Waals surface area contributed by atoms with Crippen LogP contribution in [0.15, 0.2) is 36.7 Å². The van der Waals surface area contributed by atoms with Crippen molar-refractivity contribution in [3.8, 4) is 16.9 Å². The highest BCUT2D eigenvalue weighted by molar-refractivity contribution is 5.64. The van der Waals surface area contributed by atoms with E-state index in [1.165, 1.54) is 13.2 Å². The van der Waals surface area contributed by atoms with Crippen LogP contribution in [0.1, 0.15) is 18.5 Å². The predicted octanol–water partition coefficient (Wildman–Crippen LogP) is 3.18. The topological polar surface area (TPSA) is 34.2 Å². The van der Waals surface area contributed by atoms with Crippen molar-refractivity contribution in [1.82, 2.24) is 10.3 Å². The van der Waals surface area contributed by atoms with Crippen molar-refractivity contribution in [3.63, 3.8) is 0 Å². The molecule has 0 amide bonds. The SMILES string of the molecule is CNC(C)c1cncc(-c2ccc(OC)cc2F)c1. The zero-order chi connectivity index (χ0) is 13.8. The molecular formula is C15H17FN2O. The van der Waals surface area contributed by atoms with Gasteiger partial charge in [-0.05, 0) is 37.7 Å². The summed E-state index contributed by atoms with van der Waals surface area (Å²) in [6, 6.07) is 6.95. The lowest BCUT2D eigenvalue weighted by molar-refractivity contribution is 0.411. The standard InChI is InChI=1S/C15H17FN2O/c1-10(17-2)11-6-12(9-18-8-11)14-5-4-13(19-3)7-15(14)16/h4-10,17H,1-3H3. The summed E-state index contributed by atoms with van der Waals surface area (Å²) in [5.74, 6) is 0.198. The molecule has 0 aliphatic carbocycles. The first-order valence-corrected chi connectivity index (χ1v) is 6.12. The Morgan fingerprint density at radius 3 is 2.68 bits per heavy atom. The quantitative estimate of drug-likeness (QED) is 0.916. The van der Waals surface area contributed by atoms with E-state index in [-0.39, 0.29) is 11.9 Å². The number of nitrogens with one attached hydrogen (secondary N) is 1. The van der Waals surface area contributed by atoms with E-state index >= 15 is 0 Å². The number of nitrogens with zero attached hydrogens (tertiary/aromatic N) is 1. The molecule has 1 atom stereocenters. The van der Waals surface area contributed by atoms with Crippen molar-refractivity contribution in [3.05, 3.63) is 48.0 Å². The van der Waals surface area contributed by atoms with E-state index < -0.39 is 0 Å². The number of hydrogen-bond donors (Lipinski definition) is 1. The molecule has 1 aromatic heterocycles. The van der Waals surface area contributed by atoms with Gasteiger partial charge in [-0.1, -0.05) is 0 Å². The summed E-state index contributed by atoms with van der Waals surface area (Å²) in [5, 5.41) is 3.14. The first-order valence-electron chi connectivity index (χ1n) is 6.12. The lowest BCUT2D eigenvalue weighted by atomic mass is 10.0. The fraction of sp³-hybridized carbons (Fsp3) is 0.267. The van der Waals surface area contributed by atoms with Gasteiger partial charge < -0.3 is 10.1 Å². The summed E-state index contributed by atoms with van der Waals surface area (Å²) in [7, 11) is 3.40. The molecule has 19 heavy (non-hydrogen) atoms. The second kappa shape index (κ2) is 5.80. The summed E-state index contributed by atoms with van der Waals surface area (Å²) in [6.45, 7) is 2.03. The first kappa shape index (κ1) is 13.5. The third-order valence-corrected chi connectivity index (χ3v) is 3.18. The van der Waals surface area contributed by atoms with Crippen LogP contribution in [-0.2, 0) is 0 Å². The maximum atomic E-state index is 14.0. The number of ether oxygens (including phenoxy) is 1. The molecule has 4 heteroatoms. The molecule has 0 aliphatic heterocycles. The van der Waals surface area contributed by atoms with Crippen LogP contribution in [0.3, 0.4) is 0 Å². The molecule has 2 rings (SSSR count). The smallest absolute Gasteiger partial charge is 0.134 e. The highest BCUT2D eigenvalue weighted by Gasteiger charge is 2.09. The average molecular weight is 260 g/mol. The Hall–Kier alpha value is -1.94. The van der Waals surface area contributed by atoms with Gasteiger partial charge in [0.15, 0.2) is 0 Å². The van der Waals surface area contributed by atoms with Gasteiger partial charge >= 0.3 is 0 Å². The minimum Gasteiger partial charge on any atom is -0.497 e. The number of hydrogen-bond acceptors (Lipinski definition) is 3. The van der Waals surface area contributed by atoms with Gasteiger partial charge in [-0.25, -0.2) is 4.39 Å². The summed E-state index contributed by atoms with van der Waals surface area (Å²) in [5.41, 5.74) is 2.31. The predicted molar refractivity (Wildman–Crippen MR) is 73.7 cm³/mol. The van der Waals surface area contributed by atoms with E-state index in [0.29, 0.717) is 11.3 Å². The first-order chi connectivity index (χ1) is 9.15. The van der Waals surface area contributed by atoms with Crippen LogP contribution in [-0.4, -0.2) is 19.1 Å². The van der Waals surface area contributed by atoms with Crippen molar-refractivity contribution >= 4 is 0 Å². The maximum absolute atomic E-state index is 14.0. The molecule has 0 fully saturated rings. The minimum absolute atomic E-state index is 0.175. The average Bonchev–Trinajstić information content (AvgIpc) is 2.46. The van der Waals surface area contributed by atoms with E-state index in [9.17, 15) is 4.39 Å². The second-order valence-corrected chi connectivity index (χ2v) is 4.36. The van der Waals surface area contributed by atoms with Gasteiger partial charge in [0, 0.05) is 35.6 Å². The summed E-state index contributed by atoms with van der Waals surface area (Å²) >= 11 is 0. The van der Waals surface area contributed by atoms with Gasteiger partial charge in [0.05, 0.1) is 7.11 Å². The van der Waals surface area contributed by atoms with Crippen molar-refractivity contribution < 1.29 is 9.13 Å². The Kier molecular flexibility index (Phi) is 4.12. The largest absolute Gasteiger partial charge is 0.497 e. The fourth-order valence-corrected chi connectivity index (χ4v) is 1.87. The Labute approximate surface area is 112 Å². The molecule has 100 valence electrons. The van der Waals surface area contributed by atoms with Crippen LogP contribution in [0.2, 0.25) is 0 Å². The van der Waals surface area contributed by atoms with Crippen molar-refractivity contribution in [2.45, 2.75) is 13.0 Å². The van der Waals surface area contributed by atoms with Gasteiger partial charge in [-0.2, -0.15) is 0 Å². The molecule has 0 bridgehead atoms. The van der Waals surface area contributed by atoms with Crippen LogP contribution in [0.4, 0.5) is 4.39 Å². The van der Waals surface area contributed by atoms with Crippen LogP contribution >= 0.6 is 0 Å². The number of aromatic nitrogens is 1.